The van der Waals surface area contributed by atoms with Crippen molar-refractivity contribution in [3.05, 3.63) is 55.7 Å². The summed E-state index contributed by atoms with van der Waals surface area (Å²) in [6, 6.07) is 10.8. The highest BCUT2D eigenvalue weighted by molar-refractivity contribution is 7.16. The van der Waals surface area contributed by atoms with Crippen molar-refractivity contribution in [3.63, 3.8) is 0 Å². The molecule has 3 rings (SSSR count). The maximum absolute atomic E-state index is 6.09. The number of hydrogen-bond donors (Lipinski definition) is 1. The highest BCUT2D eigenvalue weighted by atomic mass is 35.5. The van der Waals surface area contributed by atoms with Crippen LogP contribution in [-0.4, -0.2) is 0 Å². The van der Waals surface area contributed by atoms with E-state index in [1.165, 1.54) is 16.0 Å². The Morgan fingerprint density at radius 2 is 2.16 bits per heavy atom. The van der Waals surface area contributed by atoms with E-state index in [1.54, 1.807) is 11.3 Å². The summed E-state index contributed by atoms with van der Waals surface area (Å²) in [6.45, 7) is 2.18. The first-order valence-electron chi connectivity index (χ1n) is 6.43. The third kappa shape index (κ3) is 2.82. The van der Waals surface area contributed by atoms with E-state index in [0.717, 1.165) is 22.2 Å². The fourth-order valence-electron chi connectivity index (χ4n) is 2.68. The minimum absolute atomic E-state index is 0.285. The van der Waals surface area contributed by atoms with Crippen LogP contribution < -0.4 is 5.32 Å². The van der Waals surface area contributed by atoms with Crippen LogP contribution in [0.15, 0.2) is 30.3 Å². The monoisotopic (exact) mass is 311 g/mol. The predicted octanol–water partition coefficient (Wildman–Crippen LogP) is 5.39. The minimum atomic E-state index is 0.285. The van der Waals surface area contributed by atoms with Crippen LogP contribution in [0.2, 0.25) is 9.36 Å². The molecule has 0 bridgehead atoms. The van der Waals surface area contributed by atoms with Crippen LogP contribution in [0, 0.1) is 0 Å². The first kappa shape index (κ1) is 13.4. The number of thiophene rings is 1. The van der Waals surface area contributed by atoms with Gasteiger partial charge in [-0.15, -0.1) is 11.3 Å². The summed E-state index contributed by atoms with van der Waals surface area (Å²) in [5, 5.41) is 4.47. The molecule has 2 atom stereocenters. The quantitative estimate of drug-likeness (QED) is 0.801. The predicted molar refractivity (Wildman–Crippen MR) is 83.4 cm³/mol. The topological polar surface area (TPSA) is 12.0 Å². The van der Waals surface area contributed by atoms with Gasteiger partial charge in [0.05, 0.1) is 4.34 Å². The van der Waals surface area contributed by atoms with Gasteiger partial charge in [-0.2, -0.15) is 0 Å². The molecule has 0 saturated heterocycles. The van der Waals surface area contributed by atoms with E-state index in [1.807, 2.05) is 18.2 Å². The maximum Gasteiger partial charge on any atom is 0.0934 e. The van der Waals surface area contributed by atoms with Crippen molar-refractivity contribution in [2.24, 2.45) is 0 Å². The van der Waals surface area contributed by atoms with Gasteiger partial charge in [0.15, 0.2) is 0 Å². The Morgan fingerprint density at radius 1 is 1.32 bits per heavy atom. The third-order valence-corrected chi connectivity index (χ3v) is 5.22. The molecule has 1 N–H and O–H groups in total. The van der Waals surface area contributed by atoms with Gasteiger partial charge in [0.2, 0.25) is 0 Å². The summed E-state index contributed by atoms with van der Waals surface area (Å²) < 4.78 is 0.895. The van der Waals surface area contributed by atoms with Crippen LogP contribution in [0.4, 0.5) is 0 Å². The number of hydrogen-bond acceptors (Lipinski definition) is 2. The number of aryl methyl sites for hydroxylation is 1. The van der Waals surface area contributed by atoms with Crippen molar-refractivity contribution >= 4 is 34.5 Å². The number of benzene rings is 1. The van der Waals surface area contributed by atoms with Gasteiger partial charge in [0, 0.05) is 22.0 Å². The Labute approximate surface area is 127 Å². The Morgan fingerprint density at radius 3 is 2.95 bits per heavy atom. The molecule has 1 heterocycles. The van der Waals surface area contributed by atoms with E-state index in [2.05, 4.69) is 24.4 Å². The molecule has 1 aliphatic carbocycles. The molecule has 4 heteroatoms. The molecule has 1 aliphatic rings. The summed E-state index contributed by atoms with van der Waals surface area (Å²) in [7, 11) is 0. The van der Waals surface area contributed by atoms with Gasteiger partial charge in [-0.05, 0) is 49.1 Å². The van der Waals surface area contributed by atoms with Gasteiger partial charge in [-0.1, -0.05) is 35.3 Å². The van der Waals surface area contributed by atoms with E-state index in [9.17, 15) is 0 Å². The molecule has 0 fully saturated rings. The van der Waals surface area contributed by atoms with Gasteiger partial charge in [-0.3, -0.25) is 0 Å². The normalized spacial score (nSPS) is 19.4. The summed E-state index contributed by atoms with van der Waals surface area (Å²) >= 11 is 13.8. The maximum atomic E-state index is 6.09. The van der Waals surface area contributed by atoms with Crippen LogP contribution >= 0.6 is 34.5 Å². The smallest absolute Gasteiger partial charge is 0.0934 e. The average molecular weight is 312 g/mol. The Bertz CT molecular complexity index is 594. The van der Waals surface area contributed by atoms with Gasteiger partial charge < -0.3 is 5.32 Å². The molecule has 0 amide bonds. The SMILES string of the molecule is C[C@H](NC1CCc2sc(Cl)cc21)c1cccc(Cl)c1. The Balaban J connectivity index is 1.75. The molecule has 1 aromatic heterocycles. The number of nitrogens with one attached hydrogen (secondary N) is 1. The van der Waals surface area contributed by atoms with Crippen molar-refractivity contribution in [3.8, 4) is 0 Å². The van der Waals surface area contributed by atoms with Crippen molar-refractivity contribution in [1.82, 2.24) is 5.32 Å². The van der Waals surface area contributed by atoms with Crippen LogP contribution in [0.3, 0.4) is 0 Å². The van der Waals surface area contributed by atoms with Crippen LogP contribution in [0.5, 0.6) is 0 Å². The standard InChI is InChI=1S/C15H15Cl2NS/c1-9(10-3-2-4-11(16)7-10)18-13-5-6-14-12(13)8-15(17)19-14/h2-4,7-9,13,18H,5-6H2,1H3/t9-,13?/m0/s1. The molecule has 1 unspecified atom stereocenters. The number of halogens is 2. The fourth-order valence-corrected chi connectivity index (χ4v) is 4.23. The Kier molecular flexibility index (Phi) is 3.86. The lowest BCUT2D eigenvalue weighted by atomic mass is 10.1. The lowest BCUT2D eigenvalue weighted by molar-refractivity contribution is 0.465. The first-order chi connectivity index (χ1) is 9.13. The van der Waals surface area contributed by atoms with E-state index in [-0.39, 0.29) is 6.04 Å². The zero-order valence-electron chi connectivity index (χ0n) is 10.6. The molecular weight excluding hydrogens is 297 g/mol. The third-order valence-electron chi connectivity index (χ3n) is 3.65. The minimum Gasteiger partial charge on any atom is -0.303 e. The van der Waals surface area contributed by atoms with Crippen LogP contribution in [0.25, 0.3) is 0 Å². The molecule has 2 aromatic rings. The van der Waals surface area contributed by atoms with Gasteiger partial charge in [0.25, 0.3) is 0 Å². The van der Waals surface area contributed by atoms with Gasteiger partial charge in [0.1, 0.15) is 0 Å². The zero-order valence-corrected chi connectivity index (χ0v) is 12.9. The van der Waals surface area contributed by atoms with Crippen molar-refractivity contribution < 1.29 is 0 Å². The molecule has 0 spiro atoms. The highest BCUT2D eigenvalue weighted by Gasteiger charge is 2.26. The second-order valence-electron chi connectivity index (χ2n) is 4.96. The lowest BCUT2D eigenvalue weighted by Gasteiger charge is -2.20. The molecule has 19 heavy (non-hydrogen) atoms. The average Bonchev–Trinajstić information content (AvgIpc) is 2.90. The van der Waals surface area contributed by atoms with E-state index >= 15 is 0 Å². The molecule has 0 radical (unpaired) electrons. The summed E-state index contributed by atoms with van der Waals surface area (Å²) in [4.78, 5) is 1.43. The highest BCUT2D eigenvalue weighted by Crippen LogP contribution is 2.40. The molecular formula is C15H15Cl2NS. The van der Waals surface area contributed by atoms with E-state index in [4.69, 9.17) is 23.2 Å². The van der Waals surface area contributed by atoms with Crippen molar-refractivity contribution in [2.45, 2.75) is 31.8 Å². The largest absolute Gasteiger partial charge is 0.303 e. The first-order valence-corrected chi connectivity index (χ1v) is 8.00. The van der Waals surface area contributed by atoms with E-state index in [0.29, 0.717) is 6.04 Å². The lowest BCUT2D eigenvalue weighted by Crippen LogP contribution is -2.22. The fraction of sp³-hybridized carbons (Fsp3) is 0.333. The van der Waals surface area contributed by atoms with Gasteiger partial charge >= 0.3 is 0 Å². The van der Waals surface area contributed by atoms with E-state index < -0.39 is 0 Å². The zero-order chi connectivity index (χ0) is 13.4. The Hall–Kier alpha value is -0.540. The van der Waals surface area contributed by atoms with Crippen LogP contribution in [0.1, 0.15) is 41.4 Å². The second-order valence-corrected chi connectivity index (χ2v) is 7.17. The van der Waals surface area contributed by atoms with Gasteiger partial charge in [-0.25, -0.2) is 0 Å². The molecule has 0 aliphatic heterocycles. The summed E-state index contributed by atoms with van der Waals surface area (Å²) in [5.41, 5.74) is 2.60. The summed E-state index contributed by atoms with van der Waals surface area (Å²) in [6.07, 6.45) is 2.29. The molecule has 100 valence electrons. The van der Waals surface area contributed by atoms with Crippen molar-refractivity contribution in [2.75, 3.05) is 0 Å². The molecule has 1 nitrogen and oxygen atoms in total. The summed E-state index contributed by atoms with van der Waals surface area (Å²) in [5.74, 6) is 0. The number of rotatable bonds is 3. The van der Waals surface area contributed by atoms with Crippen molar-refractivity contribution in [1.29, 1.82) is 0 Å². The van der Waals surface area contributed by atoms with Crippen LogP contribution in [-0.2, 0) is 6.42 Å². The second kappa shape index (κ2) is 5.45. The molecule has 1 aromatic carbocycles. The number of fused-ring (bicyclic) bond motifs is 1. The molecule has 0 saturated carbocycles.